The van der Waals surface area contributed by atoms with Crippen LogP contribution in [0.1, 0.15) is 12.1 Å². The number of aromatic nitrogens is 1. The molecule has 1 aliphatic heterocycles. The predicted molar refractivity (Wildman–Crippen MR) is 63.4 cm³/mol. The second-order valence-electron chi connectivity index (χ2n) is 4.13. The Hall–Kier alpha value is -2.07. The number of hydrogen-bond acceptors (Lipinski definition) is 3. The summed E-state index contributed by atoms with van der Waals surface area (Å²) in [7, 11) is 0. The van der Waals surface area contributed by atoms with E-state index in [9.17, 15) is 4.79 Å². The lowest BCUT2D eigenvalue weighted by Crippen LogP contribution is -2.25. The Kier molecular flexibility index (Phi) is 3.25. The van der Waals surface area contributed by atoms with Crippen molar-refractivity contribution in [1.29, 1.82) is 0 Å². The summed E-state index contributed by atoms with van der Waals surface area (Å²) in [6.45, 7) is 2.83. The van der Waals surface area contributed by atoms with Gasteiger partial charge in [0.1, 0.15) is 5.82 Å². The van der Waals surface area contributed by atoms with E-state index >= 15 is 0 Å². The van der Waals surface area contributed by atoms with E-state index in [1.807, 2.05) is 25.1 Å². The van der Waals surface area contributed by atoms with Crippen molar-refractivity contribution in [2.45, 2.75) is 13.3 Å². The smallest absolute Gasteiger partial charge is 0.228 e. The Morgan fingerprint density at radius 2 is 2.47 bits per heavy atom. The number of anilines is 1. The van der Waals surface area contributed by atoms with Gasteiger partial charge in [-0.2, -0.15) is 0 Å². The second-order valence-corrected chi connectivity index (χ2v) is 4.13. The van der Waals surface area contributed by atoms with Crippen molar-refractivity contribution in [2.75, 3.05) is 18.0 Å². The topological polar surface area (TPSA) is 82.0 Å². The van der Waals surface area contributed by atoms with Crippen molar-refractivity contribution in [3.05, 3.63) is 34.3 Å². The molecule has 1 atom stereocenters. The minimum atomic E-state index is 0.0428. The quantitative estimate of drug-likeness (QED) is 0.453. The molecule has 17 heavy (non-hydrogen) atoms. The van der Waals surface area contributed by atoms with E-state index in [-0.39, 0.29) is 11.8 Å². The zero-order valence-electron chi connectivity index (χ0n) is 9.58. The third-order valence-corrected chi connectivity index (χ3v) is 2.76. The lowest BCUT2D eigenvalue weighted by molar-refractivity contribution is -0.117. The number of carbonyl (C=O) groups excluding carboxylic acids is 1. The van der Waals surface area contributed by atoms with Gasteiger partial charge in [-0.1, -0.05) is 11.2 Å². The number of azide groups is 1. The molecule has 1 unspecified atom stereocenters. The predicted octanol–water partition coefficient (Wildman–Crippen LogP) is 2.05. The molecule has 0 saturated carbocycles. The van der Waals surface area contributed by atoms with Gasteiger partial charge in [0.05, 0.1) is 0 Å². The number of pyridine rings is 1. The highest BCUT2D eigenvalue weighted by Gasteiger charge is 2.30. The van der Waals surface area contributed by atoms with E-state index in [0.717, 1.165) is 5.69 Å². The molecule has 0 bridgehead atoms. The van der Waals surface area contributed by atoms with E-state index in [1.165, 1.54) is 0 Å². The summed E-state index contributed by atoms with van der Waals surface area (Å²) in [5.74, 6) is 0.820. The van der Waals surface area contributed by atoms with Crippen molar-refractivity contribution in [3.63, 3.8) is 0 Å². The normalized spacial score (nSPS) is 19.2. The van der Waals surface area contributed by atoms with Gasteiger partial charge < -0.3 is 0 Å². The first-order valence-corrected chi connectivity index (χ1v) is 5.45. The van der Waals surface area contributed by atoms with Crippen LogP contribution in [0.15, 0.2) is 23.3 Å². The van der Waals surface area contributed by atoms with Crippen molar-refractivity contribution >= 4 is 11.7 Å². The average molecular weight is 231 g/mol. The van der Waals surface area contributed by atoms with Crippen LogP contribution in [0.5, 0.6) is 0 Å². The Labute approximate surface area is 98.9 Å². The van der Waals surface area contributed by atoms with E-state index < -0.39 is 0 Å². The maximum absolute atomic E-state index is 11.8. The highest BCUT2D eigenvalue weighted by molar-refractivity contribution is 5.94. The summed E-state index contributed by atoms with van der Waals surface area (Å²) in [4.78, 5) is 20.5. The van der Waals surface area contributed by atoms with Crippen molar-refractivity contribution in [2.24, 2.45) is 11.0 Å². The monoisotopic (exact) mass is 231 g/mol. The fraction of sp³-hybridized carbons (Fsp3) is 0.455. The first-order chi connectivity index (χ1) is 8.20. The molecule has 1 saturated heterocycles. The number of nitrogens with zero attached hydrogens (tertiary/aromatic N) is 5. The van der Waals surface area contributed by atoms with Gasteiger partial charge in [-0.15, -0.1) is 0 Å². The molecule has 0 aliphatic carbocycles. The van der Waals surface area contributed by atoms with Crippen LogP contribution >= 0.6 is 0 Å². The third-order valence-electron chi connectivity index (χ3n) is 2.76. The van der Waals surface area contributed by atoms with Crippen LogP contribution < -0.4 is 4.90 Å². The molecule has 1 aliphatic rings. The van der Waals surface area contributed by atoms with Gasteiger partial charge >= 0.3 is 0 Å². The molecule has 6 heteroatoms. The molecule has 1 amide bonds. The standard InChI is InChI=1S/C11H13N5O/c1-8-3-2-4-10(14-8)16-7-9(5-11(16)17)6-13-15-12/h2-4,9H,5-7H2,1H3. The molecule has 1 fully saturated rings. The molecule has 0 N–H and O–H groups in total. The Morgan fingerprint density at radius 3 is 3.18 bits per heavy atom. The highest BCUT2D eigenvalue weighted by atomic mass is 16.2. The SMILES string of the molecule is Cc1cccc(N2CC(CN=[N+]=[N-])CC2=O)n1. The summed E-state index contributed by atoms with van der Waals surface area (Å²) in [5.41, 5.74) is 9.14. The molecule has 1 aromatic heterocycles. The molecular weight excluding hydrogens is 218 g/mol. The number of carbonyl (C=O) groups is 1. The molecule has 0 radical (unpaired) electrons. The number of amides is 1. The maximum atomic E-state index is 11.8. The molecule has 1 aromatic rings. The Bertz CT molecular complexity index is 481. The van der Waals surface area contributed by atoms with Gasteiger partial charge in [0, 0.05) is 30.1 Å². The van der Waals surface area contributed by atoms with Crippen LogP contribution in [0.3, 0.4) is 0 Å². The van der Waals surface area contributed by atoms with E-state index in [0.29, 0.717) is 25.3 Å². The van der Waals surface area contributed by atoms with Gasteiger partial charge in [-0.3, -0.25) is 9.69 Å². The van der Waals surface area contributed by atoms with E-state index in [1.54, 1.807) is 4.90 Å². The summed E-state index contributed by atoms with van der Waals surface area (Å²) < 4.78 is 0. The minimum absolute atomic E-state index is 0.0428. The van der Waals surface area contributed by atoms with Crippen LogP contribution in [0.4, 0.5) is 5.82 Å². The molecule has 6 nitrogen and oxygen atoms in total. The van der Waals surface area contributed by atoms with Gasteiger partial charge in [0.2, 0.25) is 5.91 Å². The number of aryl methyl sites for hydroxylation is 1. The van der Waals surface area contributed by atoms with Crippen LogP contribution in [-0.4, -0.2) is 24.0 Å². The second kappa shape index (κ2) is 4.84. The largest absolute Gasteiger partial charge is 0.297 e. The first kappa shape index (κ1) is 11.4. The summed E-state index contributed by atoms with van der Waals surface area (Å²) in [5, 5.41) is 3.52. The van der Waals surface area contributed by atoms with Crippen molar-refractivity contribution < 1.29 is 4.79 Å². The lowest BCUT2D eigenvalue weighted by atomic mass is 10.1. The molecule has 88 valence electrons. The summed E-state index contributed by atoms with van der Waals surface area (Å²) in [6.07, 6.45) is 0.425. The highest BCUT2D eigenvalue weighted by Crippen LogP contribution is 2.23. The molecule has 0 aromatic carbocycles. The van der Waals surface area contributed by atoms with E-state index in [2.05, 4.69) is 15.0 Å². The van der Waals surface area contributed by atoms with Crippen LogP contribution in [-0.2, 0) is 4.79 Å². The minimum Gasteiger partial charge on any atom is -0.297 e. The van der Waals surface area contributed by atoms with Gasteiger partial charge in [-0.05, 0) is 30.5 Å². The van der Waals surface area contributed by atoms with Crippen LogP contribution in [0.2, 0.25) is 0 Å². The maximum Gasteiger partial charge on any atom is 0.228 e. The molecule has 0 spiro atoms. The Balaban J connectivity index is 2.12. The molecule has 2 heterocycles. The van der Waals surface area contributed by atoms with Crippen molar-refractivity contribution in [3.8, 4) is 0 Å². The van der Waals surface area contributed by atoms with Crippen LogP contribution in [0.25, 0.3) is 10.4 Å². The summed E-state index contributed by atoms with van der Waals surface area (Å²) in [6, 6.07) is 5.59. The zero-order valence-corrected chi connectivity index (χ0v) is 9.58. The first-order valence-electron chi connectivity index (χ1n) is 5.45. The summed E-state index contributed by atoms with van der Waals surface area (Å²) >= 11 is 0. The van der Waals surface area contributed by atoms with Crippen LogP contribution in [0, 0.1) is 12.8 Å². The number of rotatable bonds is 3. The van der Waals surface area contributed by atoms with E-state index in [4.69, 9.17) is 5.53 Å². The Morgan fingerprint density at radius 1 is 1.65 bits per heavy atom. The van der Waals surface area contributed by atoms with Gasteiger partial charge in [0.25, 0.3) is 0 Å². The fourth-order valence-electron chi connectivity index (χ4n) is 1.96. The third kappa shape index (κ3) is 2.54. The van der Waals surface area contributed by atoms with Gasteiger partial charge in [0.15, 0.2) is 0 Å². The molecular formula is C11H13N5O. The van der Waals surface area contributed by atoms with Crippen molar-refractivity contribution in [1.82, 2.24) is 4.98 Å². The lowest BCUT2D eigenvalue weighted by Gasteiger charge is -2.15. The fourth-order valence-corrected chi connectivity index (χ4v) is 1.96. The molecule has 2 rings (SSSR count). The zero-order chi connectivity index (χ0) is 12.3. The van der Waals surface area contributed by atoms with Gasteiger partial charge in [-0.25, -0.2) is 4.98 Å². The average Bonchev–Trinajstić information content (AvgIpc) is 2.68. The number of hydrogen-bond donors (Lipinski definition) is 0.